The molecule has 1 aromatic heterocycles. The van der Waals surface area contributed by atoms with Crippen molar-refractivity contribution in [1.29, 1.82) is 0 Å². The number of hydrogen-bond donors (Lipinski definition) is 1. The molecule has 4 heterocycles. The Balaban J connectivity index is 1.59. The molecule has 2 amide bonds. The van der Waals surface area contributed by atoms with E-state index in [1.54, 1.807) is 24.2 Å². The average Bonchev–Trinajstić information content (AvgIpc) is 3.42. The first kappa shape index (κ1) is 27.7. The number of ether oxygens (including phenoxy) is 2. The summed E-state index contributed by atoms with van der Waals surface area (Å²) in [7, 11) is 0. The molecule has 10 heteroatoms. The molecule has 2 saturated heterocycles. The molecule has 0 spiro atoms. The van der Waals surface area contributed by atoms with E-state index >= 15 is 0 Å². The van der Waals surface area contributed by atoms with Gasteiger partial charge in [-0.25, -0.2) is 9.59 Å². The first-order chi connectivity index (χ1) is 18.3. The Hall–Kier alpha value is -3.37. The van der Waals surface area contributed by atoms with Gasteiger partial charge in [-0.2, -0.15) is 0 Å². The number of β-lactam (4-membered cyclic amide) rings is 1. The van der Waals surface area contributed by atoms with E-state index in [1.807, 2.05) is 31.2 Å². The number of aromatic nitrogens is 1. The highest BCUT2D eigenvalue weighted by Gasteiger charge is 2.60. The molecule has 1 N–H and O–H groups in total. The van der Waals surface area contributed by atoms with E-state index in [2.05, 4.69) is 18.1 Å². The van der Waals surface area contributed by atoms with Crippen molar-refractivity contribution in [3.63, 3.8) is 0 Å². The van der Waals surface area contributed by atoms with Gasteiger partial charge in [0.05, 0.1) is 24.1 Å². The van der Waals surface area contributed by atoms with Crippen molar-refractivity contribution in [3.8, 4) is 0 Å². The first-order valence-electron chi connectivity index (χ1n) is 12.6. The van der Waals surface area contributed by atoms with E-state index in [1.165, 1.54) is 28.8 Å². The fourth-order valence-electron chi connectivity index (χ4n) is 5.27. The maximum absolute atomic E-state index is 13.1. The molecule has 6 atom stereocenters. The molecule has 1 aromatic rings. The second-order valence-corrected chi connectivity index (χ2v) is 10.9. The van der Waals surface area contributed by atoms with Crippen LogP contribution >= 0.6 is 11.8 Å². The lowest BCUT2D eigenvalue weighted by Crippen LogP contribution is -2.63. The molecule has 9 nitrogen and oxygen atoms in total. The Morgan fingerprint density at radius 3 is 2.68 bits per heavy atom. The summed E-state index contributed by atoms with van der Waals surface area (Å²) in [6.07, 6.45) is 9.66. The Morgan fingerprint density at radius 2 is 2.03 bits per heavy atom. The fourth-order valence-corrected chi connectivity index (χ4v) is 6.80. The number of esters is 1. The zero-order valence-corrected chi connectivity index (χ0v) is 22.4. The number of thioether (sulfide) groups is 1. The molecule has 0 radical (unpaired) electrons. The summed E-state index contributed by atoms with van der Waals surface area (Å²) in [5, 5.41) is 10.2. The van der Waals surface area contributed by atoms with Crippen LogP contribution in [-0.4, -0.2) is 81.1 Å². The van der Waals surface area contributed by atoms with Crippen molar-refractivity contribution in [2.75, 3.05) is 19.8 Å². The highest BCUT2D eigenvalue weighted by molar-refractivity contribution is 8.03. The van der Waals surface area contributed by atoms with Crippen LogP contribution in [0, 0.1) is 11.8 Å². The number of pyridine rings is 1. The number of carbonyl (C=O) groups excluding carboxylic acids is 3. The average molecular weight is 540 g/mol. The topological polar surface area (TPSA) is 109 Å². The molecule has 3 aliphatic heterocycles. The van der Waals surface area contributed by atoms with Gasteiger partial charge in [0.25, 0.3) is 0 Å². The van der Waals surface area contributed by atoms with Crippen molar-refractivity contribution in [3.05, 3.63) is 72.1 Å². The minimum atomic E-state index is -0.829. The molecule has 0 aliphatic carbocycles. The second-order valence-electron chi connectivity index (χ2n) is 9.56. The molecule has 0 bridgehead atoms. The van der Waals surface area contributed by atoms with Gasteiger partial charge in [-0.05, 0) is 25.0 Å². The van der Waals surface area contributed by atoms with Crippen molar-refractivity contribution in [2.24, 2.45) is 11.8 Å². The van der Waals surface area contributed by atoms with Crippen LogP contribution in [0.2, 0.25) is 0 Å². The molecule has 2 fully saturated rings. The van der Waals surface area contributed by atoms with Crippen molar-refractivity contribution < 1.29 is 29.0 Å². The predicted molar refractivity (Wildman–Crippen MR) is 144 cm³/mol. The van der Waals surface area contributed by atoms with Gasteiger partial charge in [-0.15, -0.1) is 11.8 Å². The van der Waals surface area contributed by atoms with E-state index in [9.17, 15) is 19.5 Å². The summed E-state index contributed by atoms with van der Waals surface area (Å²) in [4.78, 5) is 46.8. The third-order valence-electron chi connectivity index (χ3n) is 6.99. The number of aliphatic hydroxyl groups excluding tert-OH is 1. The highest BCUT2D eigenvalue weighted by Crippen LogP contribution is 2.52. The summed E-state index contributed by atoms with van der Waals surface area (Å²) < 4.78 is 10.7. The van der Waals surface area contributed by atoms with Crippen LogP contribution in [0.1, 0.15) is 25.8 Å². The zero-order valence-electron chi connectivity index (χ0n) is 21.6. The van der Waals surface area contributed by atoms with Crippen LogP contribution in [0.5, 0.6) is 0 Å². The van der Waals surface area contributed by atoms with Crippen LogP contribution in [0.25, 0.3) is 6.08 Å². The van der Waals surface area contributed by atoms with Gasteiger partial charge in [0.2, 0.25) is 5.91 Å². The molecule has 0 aromatic carbocycles. The van der Waals surface area contributed by atoms with Crippen molar-refractivity contribution >= 4 is 35.8 Å². The van der Waals surface area contributed by atoms with Crippen LogP contribution in [0.3, 0.4) is 0 Å². The molecule has 0 unspecified atom stereocenters. The zero-order chi connectivity index (χ0) is 27.4. The SMILES string of the molecule is C=CCOC(=O)C1=C(S[C@H]2C[C@@H](/C=C/c3cccnc3)N(C(=O)OCC=C)C2)[C@H](C)[C@@H]2[C@@H]([C@@H](C)O)C(=O)N12. The number of rotatable bonds is 10. The van der Waals surface area contributed by atoms with Crippen molar-refractivity contribution in [1.82, 2.24) is 14.8 Å². The lowest BCUT2D eigenvalue weighted by molar-refractivity contribution is -0.164. The second kappa shape index (κ2) is 12.0. The highest BCUT2D eigenvalue weighted by atomic mass is 32.2. The van der Waals surface area contributed by atoms with Gasteiger partial charge in [-0.1, -0.05) is 50.5 Å². The minimum Gasteiger partial charge on any atom is -0.457 e. The van der Waals surface area contributed by atoms with Crippen molar-refractivity contribution in [2.45, 2.75) is 43.7 Å². The smallest absolute Gasteiger partial charge is 0.410 e. The third kappa shape index (κ3) is 5.42. The molecular weight excluding hydrogens is 506 g/mol. The number of hydrogen-bond acceptors (Lipinski definition) is 8. The van der Waals surface area contributed by atoms with Gasteiger partial charge in [0.15, 0.2) is 0 Å². The summed E-state index contributed by atoms with van der Waals surface area (Å²) in [6, 6.07) is 3.22. The quantitative estimate of drug-likeness (QED) is 0.274. The van der Waals surface area contributed by atoms with E-state index < -0.39 is 24.1 Å². The van der Waals surface area contributed by atoms with E-state index in [4.69, 9.17) is 9.47 Å². The molecule has 202 valence electrons. The number of carbonyl (C=O) groups is 3. The van der Waals surface area contributed by atoms with E-state index in [0.717, 1.165) is 10.5 Å². The number of likely N-dealkylation sites (tertiary alicyclic amines) is 1. The van der Waals surface area contributed by atoms with Gasteiger partial charge in [0.1, 0.15) is 18.9 Å². The molecule has 3 aliphatic rings. The summed E-state index contributed by atoms with van der Waals surface area (Å²) >= 11 is 1.49. The maximum atomic E-state index is 13.1. The first-order valence-corrected chi connectivity index (χ1v) is 13.5. The van der Waals surface area contributed by atoms with Crippen LogP contribution < -0.4 is 0 Å². The van der Waals surface area contributed by atoms with Crippen LogP contribution in [-0.2, 0) is 19.1 Å². The molecule has 4 rings (SSSR count). The van der Waals surface area contributed by atoms with Gasteiger partial charge < -0.3 is 24.4 Å². The molecule has 38 heavy (non-hydrogen) atoms. The summed E-state index contributed by atoms with van der Waals surface area (Å²) in [5.41, 5.74) is 1.14. The van der Waals surface area contributed by atoms with E-state index in [-0.39, 0.29) is 48.1 Å². The number of nitrogens with zero attached hydrogens (tertiary/aromatic N) is 3. The Bertz CT molecular complexity index is 1150. The van der Waals surface area contributed by atoms with Crippen LogP contribution in [0.4, 0.5) is 4.79 Å². The maximum Gasteiger partial charge on any atom is 0.410 e. The minimum absolute atomic E-state index is 0.0226. The molecule has 0 saturated carbocycles. The van der Waals surface area contributed by atoms with Gasteiger partial charge in [-0.3, -0.25) is 9.78 Å². The standard InChI is InChI=1S/C28H33N3O6S/c1-5-12-36-27(34)24-25(17(3)23-22(18(4)32)26(33)31(23)24)38-21-14-20(10-9-19-8-7-11-29-15-19)30(16-21)28(35)37-13-6-2/h5-11,15,17-18,20-23,32H,1-2,12-14,16H2,3-4H3/b10-9+/t17-,18-,20-,21+,22-,23-/m1/s1. The van der Waals surface area contributed by atoms with Crippen LogP contribution in [0.15, 0.2) is 66.5 Å². The summed E-state index contributed by atoms with van der Waals surface area (Å²) in [6.45, 7) is 11.3. The monoisotopic (exact) mass is 539 g/mol. The predicted octanol–water partition coefficient (Wildman–Crippen LogP) is 3.39. The lowest BCUT2D eigenvalue weighted by Gasteiger charge is -2.46. The Kier molecular flexibility index (Phi) is 8.73. The Labute approximate surface area is 226 Å². The van der Waals surface area contributed by atoms with Gasteiger partial charge >= 0.3 is 12.1 Å². The Morgan fingerprint density at radius 1 is 1.29 bits per heavy atom. The third-order valence-corrected chi connectivity index (χ3v) is 8.48. The molecular formula is C28H33N3O6S. The van der Waals surface area contributed by atoms with Gasteiger partial charge in [0, 0.05) is 35.0 Å². The lowest BCUT2D eigenvalue weighted by atomic mass is 9.79. The number of aliphatic hydroxyl groups is 1. The normalized spacial score (nSPS) is 27.2. The summed E-state index contributed by atoms with van der Waals surface area (Å²) in [5.74, 6) is -1.62. The fraction of sp³-hybridized carbons (Fsp3) is 0.429. The largest absolute Gasteiger partial charge is 0.457 e. The number of amides is 2. The van der Waals surface area contributed by atoms with E-state index in [0.29, 0.717) is 13.0 Å². The number of fused-ring (bicyclic) bond motifs is 1.